The van der Waals surface area contributed by atoms with Crippen molar-refractivity contribution in [3.8, 4) is 5.75 Å². The van der Waals surface area contributed by atoms with Crippen LogP contribution in [-0.2, 0) is 11.3 Å². The van der Waals surface area contributed by atoms with Gasteiger partial charge in [0.1, 0.15) is 5.75 Å². The average Bonchev–Trinajstić information content (AvgIpc) is 2.66. The Morgan fingerprint density at radius 3 is 2.67 bits per heavy atom. The minimum absolute atomic E-state index is 0. The number of nitrogens with zero attached hydrogens (tertiary/aromatic N) is 2. The third kappa shape index (κ3) is 8.25. The highest BCUT2D eigenvalue weighted by atomic mass is 127. The zero-order chi connectivity index (χ0) is 18.8. The standard InChI is InChI=1S/C21H35N3O2.HI/c1-5-22-21(24(4)12-9-18-10-13-25-14-11-18)23-16-19-7-8-20(26-6-2)17(3)15-19;/h7-8,15,18H,5-6,9-14,16H2,1-4H3,(H,22,23);1H. The molecule has 1 aromatic carbocycles. The second-order valence-corrected chi connectivity index (χ2v) is 6.97. The SMILES string of the molecule is CCNC(=NCc1ccc(OCC)c(C)c1)N(C)CCC1CCOCC1.I. The van der Waals surface area contributed by atoms with Crippen molar-refractivity contribution < 1.29 is 9.47 Å². The molecule has 0 saturated carbocycles. The number of benzene rings is 1. The summed E-state index contributed by atoms with van der Waals surface area (Å²) in [7, 11) is 2.13. The number of nitrogens with one attached hydrogen (secondary N) is 1. The van der Waals surface area contributed by atoms with E-state index >= 15 is 0 Å². The lowest BCUT2D eigenvalue weighted by Gasteiger charge is -2.26. The zero-order valence-corrected chi connectivity index (χ0v) is 19.6. The molecular weight excluding hydrogens is 453 g/mol. The molecule has 2 rings (SSSR count). The third-order valence-corrected chi connectivity index (χ3v) is 4.86. The minimum Gasteiger partial charge on any atom is -0.494 e. The minimum atomic E-state index is 0. The van der Waals surface area contributed by atoms with Gasteiger partial charge in [0.15, 0.2) is 5.96 Å². The summed E-state index contributed by atoms with van der Waals surface area (Å²) in [5, 5.41) is 3.41. The van der Waals surface area contributed by atoms with Crippen molar-refractivity contribution in [2.24, 2.45) is 10.9 Å². The lowest BCUT2D eigenvalue weighted by atomic mass is 9.96. The molecule has 154 valence electrons. The normalized spacial score (nSPS) is 15.2. The molecule has 1 aliphatic heterocycles. The van der Waals surface area contributed by atoms with Crippen LogP contribution in [0.25, 0.3) is 0 Å². The van der Waals surface area contributed by atoms with Crippen molar-refractivity contribution in [2.75, 3.05) is 40.0 Å². The van der Waals surface area contributed by atoms with Gasteiger partial charge in [0.05, 0.1) is 13.2 Å². The summed E-state index contributed by atoms with van der Waals surface area (Å²) in [6.07, 6.45) is 3.58. The number of aryl methyl sites for hydroxylation is 1. The second-order valence-electron chi connectivity index (χ2n) is 6.97. The molecule has 0 spiro atoms. The highest BCUT2D eigenvalue weighted by molar-refractivity contribution is 14.0. The Morgan fingerprint density at radius 1 is 1.30 bits per heavy atom. The second kappa shape index (κ2) is 13.2. The number of hydrogen-bond acceptors (Lipinski definition) is 3. The summed E-state index contributed by atoms with van der Waals surface area (Å²) in [6, 6.07) is 6.32. The Hall–Kier alpha value is -1.02. The van der Waals surface area contributed by atoms with Gasteiger partial charge in [-0.25, -0.2) is 4.99 Å². The molecule has 1 aromatic rings. The first-order valence-corrected chi connectivity index (χ1v) is 9.93. The van der Waals surface area contributed by atoms with E-state index in [1.54, 1.807) is 0 Å². The van der Waals surface area contributed by atoms with Crippen molar-refractivity contribution in [3.05, 3.63) is 29.3 Å². The smallest absolute Gasteiger partial charge is 0.193 e. The molecule has 0 bridgehead atoms. The molecule has 1 aliphatic rings. The van der Waals surface area contributed by atoms with Crippen LogP contribution in [0, 0.1) is 12.8 Å². The van der Waals surface area contributed by atoms with E-state index in [-0.39, 0.29) is 24.0 Å². The molecule has 6 heteroatoms. The fourth-order valence-corrected chi connectivity index (χ4v) is 3.28. The first-order valence-electron chi connectivity index (χ1n) is 9.93. The summed E-state index contributed by atoms with van der Waals surface area (Å²) in [4.78, 5) is 7.08. The molecule has 0 unspecified atom stereocenters. The first-order chi connectivity index (χ1) is 12.6. The number of halogens is 1. The van der Waals surface area contributed by atoms with Gasteiger partial charge in [0.2, 0.25) is 0 Å². The number of ether oxygens (including phenoxy) is 2. The lowest BCUT2D eigenvalue weighted by Crippen LogP contribution is -2.40. The predicted molar refractivity (Wildman–Crippen MR) is 123 cm³/mol. The molecular formula is C21H36IN3O2. The zero-order valence-electron chi connectivity index (χ0n) is 17.3. The fourth-order valence-electron chi connectivity index (χ4n) is 3.28. The van der Waals surface area contributed by atoms with Crippen LogP contribution in [0.2, 0.25) is 0 Å². The molecule has 0 radical (unpaired) electrons. The summed E-state index contributed by atoms with van der Waals surface area (Å²) >= 11 is 0. The topological polar surface area (TPSA) is 46.1 Å². The van der Waals surface area contributed by atoms with E-state index in [2.05, 4.69) is 43.2 Å². The van der Waals surface area contributed by atoms with Gasteiger partial charge >= 0.3 is 0 Å². The van der Waals surface area contributed by atoms with Crippen LogP contribution >= 0.6 is 24.0 Å². The maximum Gasteiger partial charge on any atom is 0.193 e. The van der Waals surface area contributed by atoms with Crippen molar-refractivity contribution in [3.63, 3.8) is 0 Å². The van der Waals surface area contributed by atoms with Crippen LogP contribution in [0.4, 0.5) is 0 Å². The molecule has 0 aromatic heterocycles. The number of rotatable bonds is 8. The van der Waals surface area contributed by atoms with Gasteiger partial charge < -0.3 is 19.7 Å². The van der Waals surface area contributed by atoms with Crippen LogP contribution in [0.5, 0.6) is 5.75 Å². The molecule has 27 heavy (non-hydrogen) atoms. The molecule has 1 heterocycles. The average molecular weight is 489 g/mol. The van der Waals surface area contributed by atoms with E-state index in [0.717, 1.165) is 49.5 Å². The van der Waals surface area contributed by atoms with Crippen LogP contribution < -0.4 is 10.1 Å². The molecule has 1 fully saturated rings. The molecule has 1 N–H and O–H groups in total. The first kappa shape index (κ1) is 24.0. The van der Waals surface area contributed by atoms with Crippen molar-refractivity contribution in [1.82, 2.24) is 10.2 Å². The summed E-state index contributed by atoms with van der Waals surface area (Å²) in [5.41, 5.74) is 2.37. The highest BCUT2D eigenvalue weighted by Gasteiger charge is 2.15. The molecule has 0 atom stereocenters. The number of aliphatic imine (C=N–C) groups is 1. The lowest BCUT2D eigenvalue weighted by molar-refractivity contribution is 0.0625. The predicted octanol–water partition coefficient (Wildman–Crippen LogP) is 4.23. The maximum atomic E-state index is 5.62. The van der Waals surface area contributed by atoms with Gasteiger partial charge in [0, 0.05) is 33.4 Å². The van der Waals surface area contributed by atoms with Gasteiger partial charge in [0.25, 0.3) is 0 Å². The van der Waals surface area contributed by atoms with Crippen LogP contribution in [0.3, 0.4) is 0 Å². The summed E-state index contributed by atoms with van der Waals surface area (Å²) in [6.45, 7) is 11.3. The monoisotopic (exact) mass is 489 g/mol. The van der Waals surface area contributed by atoms with Crippen molar-refractivity contribution >= 4 is 29.9 Å². The molecule has 1 saturated heterocycles. The van der Waals surface area contributed by atoms with Gasteiger partial charge in [-0.15, -0.1) is 24.0 Å². The Bertz CT molecular complexity index is 575. The summed E-state index contributed by atoms with van der Waals surface area (Å²) in [5.74, 6) is 2.72. The Balaban J connectivity index is 0.00000364. The third-order valence-electron chi connectivity index (χ3n) is 4.86. The van der Waals surface area contributed by atoms with Crippen LogP contribution in [0.1, 0.15) is 44.2 Å². The van der Waals surface area contributed by atoms with Crippen LogP contribution in [-0.4, -0.2) is 50.8 Å². The van der Waals surface area contributed by atoms with Gasteiger partial charge in [-0.1, -0.05) is 12.1 Å². The fraction of sp³-hybridized carbons (Fsp3) is 0.667. The van der Waals surface area contributed by atoms with E-state index in [1.165, 1.54) is 24.8 Å². The van der Waals surface area contributed by atoms with Crippen molar-refractivity contribution in [1.29, 1.82) is 0 Å². The molecule has 5 nitrogen and oxygen atoms in total. The summed E-state index contributed by atoms with van der Waals surface area (Å²) < 4.78 is 11.1. The van der Waals surface area contributed by atoms with E-state index < -0.39 is 0 Å². The van der Waals surface area contributed by atoms with Crippen molar-refractivity contribution in [2.45, 2.75) is 46.6 Å². The number of hydrogen-bond donors (Lipinski definition) is 1. The van der Waals surface area contributed by atoms with Gasteiger partial charge in [-0.2, -0.15) is 0 Å². The van der Waals surface area contributed by atoms with E-state index in [4.69, 9.17) is 14.5 Å². The quantitative estimate of drug-likeness (QED) is 0.338. The molecule has 0 amide bonds. The Kier molecular flexibility index (Phi) is 11.7. The molecule has 0 aliphatic carbocycles. The van der Waals surface area contributed by atoms with Crippen LogP contribution in [0.15, 0.2) is 23.2 Å². The van der Waals surface area contributed by atoms with Gasteiger partial charge in [-0.3, -0.25) is 0 Å². The Labute approximate surface area is 181 Å². The number of guanidine groups is 1. The van der Waals surface area contributed by atoms with Gasteiger partial charge in [-0.05, 0) is 63.1 Å². The largest absolute Gasteiger partial charge is 0.494 e. The van der Waals surface area contributed by atoms with E-state index in [0.29, 0.717) is 13.2 Å². The Morgan fingerprint density at radius 2 is 2.04 bits per heavy atom. The van der Waals surface area contributed by atoms with E-state index in [1.807, 2.05) is 13.0 Å². The highest BCUT2D eigenvalue weighted by Crippen LogP contribution is 2.20. The van der Waals surface area contributed by atoms with E-state index in [9.17, 15) is 0 Å². The maximum absolute atomic E-state index is 5.62.